The molecule has 0 unspecified atom stereocenters. The zero-order chi connectivity index (χ0) is 14.1. The van der Waals surface area contributed by atoms with E-state index in [-0.39, 0.29) is 16.0 Å². The highest BCUT2D eigenvalue weighted by Gasteiger charge is 2.27. The van der Waals surface area contributed by atoms with E-state index >= 15 is 0 Å². The Balaban J connectivity index is 3.25. The number of likely N-dealkylation sites (N-methyl/N-ethyl adjacent to an activating group) is 1. The third-order valence-electron chi connectivity index (χ3n) is 2.42. The van der Waals surface area contributed by atoms with Gasteiger partial charge >= 0.3 is 0 Å². The van der Waals surface area contributed by atoms with Crippen LogP contribution in [-0.4, -0.2) is 43.7 Å². The van der Waals surface area contributed by atoms with Crippen LogP contribution >= 0.6 is 22.3 Å². The van der Waals surface area contributed by atoms with Gasteiger partial charge in [-0.2, -0.15) is 5.10 Å². The standard InChI is InChI=1S/C10H17Cl2N3O2S/c1-7(2)8-9(18(12,16)17)10(11)15(13-8)6-5-14(3)4/h7H,5-6H2,1-4H3. The van der Waals surface area contributed by atoms with E-state index in [9.17, 15) is 8.42 Å². The van der Waals surface area contributed by atoms with E-state index in [1.54, 1.807) is 0 Å². The van der Waals surface area contributed by atoms with Crippen LogP contribution in [-0.2, 0) is 15.6 Å². The van der Waals surface area contributed by atoms with Crippen molar-refractivity contribution < 1.29 is 8.42 Å². The molecule has 0 N–H and O–H groups in total. The molecule has 5 nitrogen and oxygen atoms in total. The lowest BCUT2D eigenvalue weighted by Gasteiger charge is -2.09. The fourth-order valence-corrected chi connectivity index (χ4v) is 3.42. The lowest BCUT2D eigenvalue weighted by atomic mass is 10.1. The molecule has 18 heavy (non-hydrogen) atoms. The first-order valence-corrected chi connectivity index (χ1v) is 8.19. The van der Waals surface area contributed by atoms with Gasteiger partial charge < -0.3 is 4.90 Å². The minimum Gasteiger partial charge on any atom is -0.308 e. The Morgan fingerprint density at radius 1 is 1.39 bits per heavy atom. The molecule has 1 aromatic rings. The summed E-state index contributed by atoms with van der Waals surface area (Å²) in [5.41, 5.74) is 0.411. The molecule has 0 radical (unpaired) electrons. The maximum absolute atomic E-state index is 11.5. The van der Waals surface area contributed by atoms with Crippen LogP contribution in [0.15, 0.2) is 4.90 Å². The van der Waals surface area contributed by atoms with Crippen molar-refractivity contribution in [2.75, 3.05) is 20.6 Å². The lowest BCUT2D eigenvalue weighted by Crippen LogP contribution is -2.19. The smallest absolute Gasteiger partial charge is 0.266 e. The van der Waals surface area contributed by atoms with Gasteiger partial charge in [-0.3, -0.25) is 4.68 Å². The van der Waals surface area contributed by atoms with Crippen molar-refractivity contribution in [1.29, 1.82) is 0 Å². The van der Waals surface area contributed by atoms with Gasteiger partial charge in [-0.15, -0.1) is 0 Å². The summed E-state index contributed by atoms with van der Waals surface area (Å²) in [6.07, 6.45) is 0. The summed E-state index contributed by atoms with van der Waals surface area (Å²) in [6.45, 7) is 4.92. The molecular formula is C10H17Cl2N3O2S. The predicted octanol–water partition coefficient (Wildman–Crippen LogP) is 2.15. The van der Waals surface area contributed by atoms with E-state index in [1.807, 2.05) is 32.8 Å². The number of aromatic nitrogens is 2. The molecule has 0 atom stereocenters. The van der Waals surface area contributed by atoms with E-state index in [0.717, 1.165) is 0 Å². The molecule has 0 aromatic carbocycles. The van der Waals surface area contributed by atoms with Crippen LogP contribution in [0.2, 0.25) is 5.15 Å². The highest BCUT2D eigenvalue weighted by atomic mass is 35.7. The SMILES string of the molecule is CC(C)c1nn(CCN(C)C)c(Cl)c1S(=O)(=O)Cl. The monoisotopic (exact) mass is 313 g/mol. The van der Waals surface area contributed by atoms with Crippen LogP contribution in [0.3, 0.4) is 0 Å². The molecule has 1 heterocycles. The Labute approximate surface area is 117 Å². The Hall–Kier alpha value is -0.300. The first-order valence-electron chi connectivity index (χ1n) is 5.50. The molecule has 0 spiro atoms. The van der Waals surface area contributed by atoms with Crippen molar-refractivity contribution in [2.24, 2.45) is 0 Å². The van der Waals surface area contributed by atoms with E-state index in [4.69, 9.17) is 22.3 Å². The summed E-state index contributed by atoms with van der Waals surface area (Å²) < 4.78 is 24.6. The maximum atomic E-state index is 11.5. The van der Waals surface area contributed by atoms with Crippen LogP contribution in [0, 0.1) is 0 Å². The van der Waals surface area contributed by atoms with E-state index in [1.165, 1.54) is 4.68 Å². The molecule has 0 aliphatic carbocycles. The molecule has 0 saturated carbocycles. The minimum atomic E-state index is -3.88. The fourth-order valence-electron chi connectivity index (χ4n) is 1.49. The quantitative estimate of drug-likeness (QED) is 0.782. The summed E-state index contributed by atoms with van der Waals surface area (Å²) in [5.74, 6) is -0.0633. The van der Waals surface area contributed by atoms with Crippen LogP contribution in [0.1, 0.15) is 25.5 Å². The van der Waals surface area contributed by atoms with Crippen molar-refractivity contribution in [3.05, 3.63) is 10.8 Å². The van der Waals surface area contributed by atoms with Gasteiger partial charge in [-0.05, 0) is 20.0 Å². The molecule has 0 aliphatic rings. The molecule has 1 rings (SSSR count). The van der Waals surface area contributed by atoms with Crippen molar-refractivity contribution in [1.82, 2.24) is 14.7 Å². The third kappa shape index (κ3) is 3.60. The second kappa shape index (κ2) is 5.77. The molecule has 0 saturated heterocycles. The highest BCUT2D eigenvalue weighted by molar-refractivity contribution is 8.13. The van der Waals surface area contributed by atoms with Crippen molar-refractivity contribution in [3.63, 3.8) is 0 Å². The van der Waals surface area contributed by atoms with Crippen LogP contribution in [0.5, 0.6) is 0 Å². The van der Waals surface area contributed by atoms with Crippen molar-refractivity contribution >= 4 is 31.3 Å². The molecule has 104 valence electrons. The molecular weight excluding hydrogens is 297 g/mol. The number of hydrogen-bond acceptors (Lipinski definition) is 4. The number of hydrogen-bond donors (Lipinski definition) is 0. The second-order valence-electron chi connectivity index (χ2n) is 4.62. The van der Waals surface area contributed by atoms with Gasteiger partial charge in [-0.25, -0.2) is 8.42 Å². The van der Waals surface area contributed by atoms with Gasteiger partial charge in [0.25, 0.3) is 9.05 Å². The first-order chi connectivity index (χ1) is 8.14. The fraction of sp³-hybridized carbons (Fsp3) is 0.700. The Bertz CT molecular complexity index is 523. The van der Waals surface area contributed by atoms with Crippen molar-refractivity contribution in [3.8, 4) is 0 Å². The number of rotatable bonds is 5. The highest BCUT2D eigenvalue weighted by Crippen LogP contribution is 2.32. The molecule has 8 heteroatoms. The zero-order valence-corrected chi connectivity index (χ0v) is 13.1. The zero-order valence-electron chi connectivity index (χ0n) is 10.8. The Kier molecular flexibility index (Phi) is 5.05. The average molecular weight is 314 g/mol. The summed E-state index contributed by atoms with van der Waals surface area (Å²) in [5, 5.41) is 4.32. The molecule has 0 fully saturated rings. The molecule has 1 aromatic heterocycles. The van der Waals surface area contributed by atoms with Gasteiger partial charge in [0.15, 0.2) is 0 Å². The summed E-state index contributed by atoms with van der Waals surface area (Å²) in [6, 6.07) is 0. The van der Waals surface area contributed by atoms with Gasteiger partial charge in [0.2, 0.25) is 0 Å². The normalized spacial score (nSPS) is 12.7. The predicted molar refractivity (Wildman–Crippen MR) is 72.9 cm³/mol. The van der Waals surface area contributed by atoms with Gasteiger partial charge in [0.1, 0.15) is 10.0 Å². The average Bonchev–Trinajstić information content (AvgIpc) is 2.52. The Morgan fingerprint density at radius 3 is 2.28 bits per heavy atom. The van der Waals surface area contributed by atoms with E-state index in [2.05, 4.69) is 5.10 Å². The molecule has 0 bridgehead atoms. The van der Waals surface area contributed by atoms with Crippen LogP contribution in [0.25, 0.3) is 0 Å². The first kappa shape index (κ1) is 15.8. The van der Waals surface area contributed by atoms with Crippen molar-refractivity contribution in [2.45, 2.75) is 31.2 Å². The second-order valence-corrected chi connectivity index (χ2v) is 7.48. The topological polar surface area (TPSA) is 55.2 Å². The number of nitrogens with zero attached hydrogens (tertiary/aromatic N) is 3. The van der Waals surface area contributed by atoms with E-state index in [0.29, 0.717) is 18.8 Å². The lowest BCUT2D eigenvalue weighted by molar-refractivity contribution is 0.372. The van der Waals surface area contributed by atoms with Crippen LogP contribution < -0.4 is 0 Å². The van der Waals surface area contributed by atoms with Gasteiger partial charge in [0, 0.05) is 17.2 Å². The minimum absolute atomic E-state index is 0.0633. The summed E-state index contributed by atoms with van der Waals surface area (Å²) in [4.78, 5) is 1.89. The Morgan fingerprint density at radius 2 is 1.94 bits per heavy atom. The van der Waals surface area contributed by atoms with Gasteiger partial charge in [-0.1, -0.05) is 25.4 Å². The molecule has 0 aliphatic heterocycles. The summed E-state index contributed by atoms with van der Waals surface area (Å²) >= 11 is 6.06. The van der Waals surface area contributed by atoms with Gasteiger partial charge in [0.05, 0.1) is 12.2 Å². The van der Waals surface area contributed by atoms with Crippen LogP contribution in [0.4, 0.5) is 0 Å². The maximum Gasteiger partial charge on any atom is 0.266 e. The summed E-state index contributed by atoms with van der Waals surface area (Å²) in [7, 11) is 5.36. The van der Waals surface area contributed by atoms with E-state index < -0.39 is 9.05 Å². The third-order valence-corrected chi connectivity index (χ3v) is 4.27. The number of halogens is 2. The molecule has 0 amide bonds. The largest absolute Gasteiger partial charge is 0.308 e.